The van der Waals surface area contributed by atoms with Crippen molar-refractivity contribution in [3.8, 4) is 0 Å². The number of likely N-dealkylation sites (tertiary alicyclic amines) is 1. The molecular formula is C18H27N3. The molecule has 1 unspecified atom stereocenters. The van der Waals surface area contributed by atoms with E-state index in [9.17, 15) is 0 Å². The Kier molecular flexibility index (Phi) is 4.59. The zero-order valence-electron chi connectivity index (χ0n) is 13.4. The number of imidazole rings is 1. The summed E-state index contributed by atoms with van der Waals surface area (Å²) in [6.07, 6.45) is 6.58. The first-order valence-electron chi connectivity index (χ1n) is 8.50. The third kappa shape index (κ3) is 2.98. The van der Waals surface area contributed by atoms with Gasteiger partial charge < -0.3 is 4.57 Å². The lowest BCUT2D eigenvalue weighted by molar-refractivity contribution is 0.207. The standard InChI is InChI=1S/C18H27N3/c1-3-12-21-17-11-7-6-10-16(17)19-18(21)15(2)20-13-8-4-5-9-14-20/h6-7,10-11,15H,3-5,8-9,12-14H2,1-2H3. The summed E-state index contributed by atoms with van der Waals surface area (Å²) in [6.45, 7) is 8.08. The number of rotatable bonds is 4. The number of fused-ring (bicyclic) bond motifs is 1. The fourth-order valence-electron chi connectivity index (χ4n) is 3.52. The van der Waals surface area contributed by atoms with Crippen LogP contribution in [0.25, 0.3) is 11.0 Å². The summed E-state index contributed by atoms with van der Waals surface area (Å²) in [5.74, 6) is 1.25. The van der Waals surface area contributed by atoms with Gasteiger partial charge in [-0.25, -0.2) is 4.98 Å². The summed E-state index contributed by atoms with van der Waals surface area (Å²) in [5, 5.41) is 0. The van der Waals surface area contributed by atoms with Gasteiger partial charge >= 0.3 is 0 Å². The van der Waals surface area contributed by atoms with Crippen LogP contribution in [0, 0.1) is 0 Å². The minimum absolute atomic E-state index is 0.419. The molecule has 1 aromatic carbocycles. The van der Waals surface area contributed by atoms with Crippen LogP contribution in [0.1, 0.15) is 57.8 Å². The average molecular weight is 285 g/mol. The second kappa shape index (κ2) is 6.61. The Labute approximate surface area is 128 Å². The van der Waals surface area contributed by atoms with E-state index in [-0.39, 0.29) is 0 Å². The molecule has 1 fully saturated rings. The van der Waals surface area contributed by atoms with Gasteiger partial charge in [0.05, 0.1) is 17.1 Å². The normalized spacial score (nSPS) is 18.8. The maximum absolute atomic E-state index is 4.96. The number of hydrogen-bond acceptors (Lipinski definition) is 2. The van der Waals surface area contributed by atoms with Crippen LogP contribution in [0.2, 0.25) is 0 Å². The van der Waals surface area contributed by atoms with Crippen molar-refractivity contribution in [3.05, 3.63) is 30.1 Å². The van der Waals surface area contributed by atoms with Crippen molar-refractivity contribution in [3.63, 3.8) is 0 Å². The van der Waals surface area contributed by atoms with Crippen molar-refractivity contribution in [2.75, 3.05) is 13.1 Å². The van der Waals surface area contributed by atoms with Crippen LogP contribution >= 0.6 is 0 Å². The molecule has 0 N–H and O–H groups in total. The highest BCUT2D eigenvalue weighted by Crippen LogP contribution is 2.27. The van der Waals surface area contributed by atoms with E-state index in [0.29, 0.717) is 6.04 Å². The van der Waals surface area contributed by atoms with Crippen LogP contribution in [0.4, 0.5) is 0 Å². The summed E-state index contributed by atoms with van der Waals surface area (Å²) < 4.78 is 2.44. The van der Waals surface area contributed by atoms with Gasteiger partial charge in [-0.1, -0.05) is 31.9 Å². The molecule has 3 heteroatoms. The number of benzene rings is 1. The maximum Gasteiger partial charge on any atom is 0.127 e. The van der Waals surface area contributed by atoms with Gasteiger partial charge in [-0.2, -0.15) is 0 Å². The van der Waals surface area contributed by atoms with Crippen molar-refractivity contribution >= 4 is 11.0 Å². The lowest BCUT2D eigenvalue weighted by atomic mass is 10.2. The molecule has 1 aromatic heterocycles. The minimum atomic E-state index is 0.419. The quantitative estimate of drug-likeness (QED) is 0.831. The summed E-state index contributed by atoms with van der Waals surface area (Å²) in [5.41, 5.74) is 2.43. The second-order valence-electron chi connectivity index (χ2n) is 6.24. The van der Waals surface area contributed by atoms with E-state index in [4.69, 9.17) is 4.98 Å². The molecule has 0 spiro atoms. The number of nitrogens with zero attached hydrogens (tertiary/aromatic N) is 3. The second-order valence-corrected chi connectivity index (χ2v) is 6.24. The third-order valence-electron chi connectivity index (χ3n) is 4.69. The lowest BCUT2D eigenvalue weighted by Crippen LogP contribution is -2.30. The van der Waals surface area contributed by atoms with Crippen molar-refractivity contribution < 1.29 is 0 Å². The molecule has 1 atom stereocenters. The van der Waals surface area contributed by atoms with Gasteiger partial charge in [-0.3, -0.25) is 4.90 Å². The van der Waals surface area contributed by atoms with Crippen LogP contribution < -0.4 is 0 Å². The molecule has 0 radical (unpaired) electrons. The van der Waals surface area contributed by atoms with Gasteiger partial charge in [-0.05, 0) is 51.4 Å². The molecule has 0 saturated carbocycles. The van der Waals surface area contributed by atoms with Gasteiger partial charge in [-0.15, -0.1) is 0 Å². The van der Waals surface area contributed by atoms with Crippen LogP contribution in [-0.2, 0) is 6.54 Å². The van der Waals surface area contributed by atoms with Gasteiger partial charge in [0, 0.05) is 6.54 Å². The van der Waals surface area contributed by atoms with E-state index < -0.39 is 0 Å². The Bertz CT molecular complexity index is 579. The van der Waals surface area contributed by atoms with Crippen molar-refractivity contribution in [2.24, 2.45) is 0 Å². The van der Waals surface area contributed by atoms with E-state index in [2.05, 4.69) is 47.6 Å². The molecule has 2 heterocycles. The van der Waals surface area contributed by atoms with Gasteiger partial charge in [0.15, 0.2) is 0 Å². The molecular weight excluding hydrogens is 258 g/mol. The van der Waals surface area contributed by atoms with Crippen LogP contribution in [0.15, 0.2) is 24.3 Å². The highest BCUT2D eigenvalue weighted by Gasteiger charge is 2.22. The molecule has 1 saturated heterocycles. The van der Waals surface area contributed by atoms with E-state index in [0.717, 1.165) is 18.5 Å². The Morgan fingerprint density at radius 1 is 1.10 bits per heavy atom. The zero-order chi connectivity index (χ0) is 14.7. The monoisotopic (exact) mass is 285 g/mol. The fraction of sp³-hybridized carbons (Fsp3) is 0.611. The first-order chi connectivity index (χ1) is 10.3. The third-order valence-corrected chi connectivity index (χ3v) is 4.69. The van der Waals surface area contributed by atoms with E-state index in [1.54, 1.807) is 0 Å². The van der Waals surface area contributed by atoms with Crippen LogP contribution in [-0.4, -0.2) is 27.5 Å². The smallest absolute Gasteiger partial charge is 0.127 e. The largest absolute Gasteiger partial charge is 0.327 e. The highest BCUT2D eigenvalue weighted by atomic mass is 15.2. The van der Waals surface area contributed by atoms with E-state index in [1.165, 1.54) is 50.1 Å². The predicted octanol–water partition coefficient (Wildman–Crippen LogP) is 4.38. The van der Waals surface area contributed by atoms with Crippen molar-refractivity contribution in [1.29, 1.82) is 0 Å². The molecule has 0 amide bonds. The molecule has 2 aromatic rings. The number of aromatic nitrogens is 2. The van der Waals surface area contributed by atoms with Gasteiger partial charge in [0.1, 0.15) is 5.82 Å². The first-order valence-corrected chi connectivity index (χ1v) is 8.50. The molecule has 3 nitrogen and oxygen atoms in total. The van der Waals surface area contributed by atoms with Crippen molar-refractivity contribution in [1.82, 2.24) is 14.5 Å². The average Bonchev–Trinajstić information content (AvgIpc) is 2.70. The highest BCUT2D eigenvalue weighted by molar-refractivity contribution is 5.76. The molecule has 3 rings (SSSR count). The Morgan fingerprint density at radius 2 is 1.81 bits per heavy atom. The SMILES string of the molecule is CCCn1c(C(C)N2CCCCCC2)nc2ccccc21. The summed E-state index contributed by atoms with van der Waals surface area (Å²) in [6, 6.07) is 8.97. The summed E-state index contributed by atoms with van der Waals surface area (Å²) >= 11 is 0. The fourth-order valence-corrected chi connectivity index (χ4v) is 3.52. The first kappa shape index (κ1) is 14.6. The molecule has 0 bridgehead atoms. The molecule has 21 heavy (non-hydrogen) atoms. The number of para-hydroxylation sites is 2. The summed E-state index contributed by atoms with van der Waals surface area (Å²) in [4.78, 5) is 7.58. The Balaban J connectivity index is 1.95. The molecule has 0 aliphatic carbocycles. The zero-order valence-corrected chi connectivity index (χ0v) is 13.4. The minimum Gasteiger partial charge on any atom is -0.327 e. The summed E-state index contributed by atoms with van der Waals surface area (Å²) in [7, 11) is 0. The number of aryl methyl sites for hydroxylation is 1. The Morgan fingerprint density at radius 3 is 2.52 bits per heavy atom. The van der Waals surface area contributed by atoms with E-state index in [1.807, 2.05) is 0 Å². The van der Waals surface area contributed by atoms with Crippen LogP contribution in [0.5, 0.6) is 0 Å². The predicted molar refractivity (Wildman–Crippen MR) is 88.5 cm³/mol. The molecule has 1 aliphatic rings. The number of hydrogen-bond donors (Lipinski definition) is 0. The molecule has 1 aliphatic heterocycles. The molecule has 114 valence electrons. The van der Waals surface area contributed by atoms with Crippen molar-refractivity contribution in [2.45, 2.75) is 58.5 Å². The lowest BCUT2D eigenvalue weighted by Gasteiger charge is -2.27. The van der Waals surface area contributed by atoms with Crippen LogP contribution in [0.3, 0.4) is 0 Å². The van der Waals surface area contributed by atoms with Gasteiger partial charge in [0.25, 0.3) is 0 Å². The maximum atomic E-state index is 4.96. The van der Waals surface area contributed by atoms with E-state index >= 15 is 0 Å². The van der Waals surface area contributed by atoms with Gasteiger partial charge in [0.2, 0.25) is 0 Å². The topological polar surface area (TPSA) is 21.1 Å². The Hall–Kier alpha value is -1.35.